The van der Waals surface area contributed by atoms with E-state index in [0.29, 0.717) is 10.3 Å². The van der Waals surface area contributed by atoms with Crippen LogP contribution in [0.25, 0.3) is 0 Å². The van der Waals surface area contributed by atoms with E-state index in [1.165, 1.54) is 22.2 Å². The van der Waals surface area contributed by atoms with Crippen LogP contribution in [-0.4, -0.2) is 39.0 Å². The fourth-order valence-corrected chi connectivity index (χ4v) is 37.0. The normalized spacial score (nSPS) is 12.2. The van der Waals surface area contributed by atoms with Gasteiger partial charge in [-0.2, -0.15) is 0 Å². The molecule has 0 radical (unpaired) electrons. The van der Waals surface area contributed by atoms with Crippen molar-refractivity contribution in [2.24, 2.45) is 0 Å². The first-order chi connectivity index (χ1) is 33.4. The summed E-state index contributed by atoms with van der Waals surface area (Å²) >= 11 is 0. The van der Waals surface area contributed by atoms with Crippen molar-refractivity contribution in [1.82, 2.24) is 0 Å². The van der Waals surface area contributed by atoms with Gasteiger partial charge in [-0.3, -0.25) is 0 Å². The molecule has 7 rings (SSSR count). The third kappa shape index (κ3) is 13.0. The van der Waals surface area contributed by atoms with Gasteiger partial charge in [0.05, 0.1) is 0 Å². The van der Waals surface area contributed by atoms with E-state index in [2.05, 4.69) is 315 Å². The van der Waals surface area contributed by atoms with E-state index in [4.69, 9.17) is 0 Å². The van der Waals surface area contributed by atoms with Crippen LogP contribution in [-0.2, 0) is 5.41 Å². The molecule has 0 aliphatic carbocycles. The zero-order chi connectivity index (χ0) is 51.4. The molecule has 362 valence electrons. The van der Waals surface area contributed by atoms with E-state index in [9.17, 15) is 0 Å². The average Bonchev–Trinajstić information content (AvgIpc) is 3.30. The number of hydrogen-bond donors (Lipinski definition) is 0. The largest absolute Gasteiger partial charge is 0.347 e. The van der Waals surface area contributed by atoms with E-state index in [0.717, 1.165) is 45.3 Å². The van der Waals surface area contributed by atoms with Crippen molar-refractivity contribution in [3.8, 4) is 23.5 Å². The topological polar surface area (TPSA) is 6.48 Å². The quantitative estimate of drug-likeness (QED) is 0.0839. The second-order valence-corrected chi connectivity index (χ2v) is 47.1. The molecule has 0 saturated carbocycles. The summed E-state index contributed by atoms with van der Waals surface area (Å²) in [5.74, 6) is 15.5. The Labute approximate surface area is 434 Å². The van der Waals surface area contributed by atoms with Crippen LogP contribution in [0.1, 0.15) is 58.9 Å². The van der Waals surface area contributed by atoms with Crippen LogP contribution >= 0.6 is 0 Å². The van der Waals surface area contributed by atoms with Crippen molar-refractivity contribution in [2.75, 3.05) is 9.80 Å². The Balaban J connectivity index is 1.47. The van der Waals surface area contributed by atoms with Crippen LogP contribution < -0.4 is 15.3 Å². The molecule has 0 fully saturated rings. The third-order valence-corrected chi connectivity index (χ3v) is 32.1. The molecule has 0 aliphatic rings. The van der Waals surface area contributed by atoms with Gasteiger partial charge in [-0.15, -0.1) is 11.6 Å². The van der Waals surface area contributed by atoms with Crippen molar-refractivity contribution in [2.45, 2.75) is 115 Å². The predicted octanol–water partition coefficient (Wildman–Crippen LogP) is 17.5. The lowest BCUT2D eigenvalue weighted by atomic mass is 9.44. The van der Waals surface area contributed by atoms with Crippen molar-refractivity contribution >= 4 is 78.6 Å². The van der Waals surface area contributed by atoms with Crippen LogP contribution in [0, 0.1) is 23.5 Å². The van der Waals surface area contributed by atoms with Crippen molar-refractivity contribution in [1.29, 1.82) is 0 Å². The van der Waals surface area contributed by atoms with Crippen LogP contribution in [0.3, 0.4) is 0 Å². The fraction of sp³-hybridized carbons (Fsp3) is 0.281. The second-order valence-electron chi connectivity index (χ2n) is 24.7. The smallest absolute Gasteiger partial charge is 0.311 e. The Bertz CT molecular complexity index is 2690. The molecule has 7 aromatic rings. The van der Waals surface area contributed by atoms with Gasteiger partial charge < -0.3 is 9.80 Å². The molecule has 0 unspecified atom stereocenters. The fourth-order valence-electron chi connectivity index (χ4n) is 11.5. The highest BCUT2D eigenvalue weighted by molar-refractivity contribution is 6.98. The SMILES string of the molecule is CC(C)(C)c1cc(C([Si](C)(C)C)[Si](C)(C)C)c(B(C#Cc2ccc(N(c3ccccc3)c3ccccc3)cc2)C#Cc2ccc(N(c3ccccc3)c3ccccc3)cc2)c(C([Si](C)(C)C)[Si](C)(C)C)c1. The highest BCUT2D eigenvalue weighted by atomic mass is 28.4. The van der Waals surface area contributed by atoms with Gasteiger partial charge in [-0.25, -0.2) is 0 Å². The summed E-state index contributed by atoms with van der Waals surface area (Å²) in [5, 5.41) is 1.01. The highest BCUT2D eigenvalue weighted by Crippen LogP contribution is 2.43. The maximum Gasteiger partial charge on any atom is 0.347 e. The number of anilines is 6. The average molecular weight is 997 g/mol. The standard InChI is InChI=1S/C64H77BN2Si4/c1-64(2,3)52-48-59(62(68(4,5)6)69(7,8)9)61(60(49-52)63(70(10,11)12)71(13,14)15)65(46-44-50-36-40-57(41-37-50)66(53-28-20-16-21-29-53)54-30-22-17-23-31-54)47-45-51-38-42-58(43-39-51)67(55-32-24-18-25-33-55)56-34-26-19-27-35-56/h16-43,48-49,62-63H,1-15H3. The zero-order valence-electron chi connectivity index (χ0n) is 45.4. The summed E-state index contributed by atoms with van der Waals surface area (Å²) in [6.07, 6.45) is 0. The van der Waals surface area contributed by atoms with Gasteiger partial charge in [0.1, 0.15) is 0 Å². The summed E-state index contributed by atoms with van der Waals surface area (Å²) in [4.78, 5) is 4.62. The Morgan fingerprint density at radius 1 is 0.366 bits per heavy atom. The Kier molecular flexibility index (Phi) is 16.0. The van der Waals surface area contributed by atoms with Gasteiger partial charge in [0.25, 0.3) is 0 Å². The summed E-state index contributed by atoms with van der Waals surface area (Å²) in [6.45, 7) is 38.2. The molecule has 0 heterocycles. The van der Waals surface area contributed by atoms with Gasteiger partial charge in [0, 0.05) is 77.5 Å². The lowest BCUT2D eigenvalue weighted by Gasteiger charge is -2.45. The first kappa shape index (κ1) is 53.0. The van der Waals surface area contributed by atoms with Crippen molar-refractivity contribution in [3.63, 3.8) is 0 Å². The molecule has 0 amide bonds. The Hall–Kier alpha value is -5.81. The number of para-hydroxylation sites is 4. The molecule has 0 N–H and O–H groups in total. The molecular weight excluding hydrogens is 920 g/mol. The minimum atomic E-state index is -1.81. The molecule has 0 atom stereocenters. The Morgan fingerprint density at radius 3 is 0.859 bits per heavy atom. The van der Waals surface area contributed by atoms with Gasteiger partial charge in [-0.05, 0) is 124 Å². The number of hydrogen-bond acceptors (Lipinski definition) is 2. The molecule has 0 aliphatic heterocycles. The third-order valence-electron chi connectivity index (χ3n) is 13.5. The van der Waals surface area contributed by atoms with Crippen LogP contribution in [0.4, 0.5) is 34.1 Å². The van der Waals surface area contributed by atoms with Gasteiger partial charge >= 0.3 is 6.71 Å². The van der Waals surface area contributed by atoms with Crippen LogP contribution in [0.2, 0.25) is 78.6 Å². The molecule has 7 heteroatoms. The Morgan fingerprint density at radius 2 is 0.620 bits per heavy atom. The maximum absolute atomic E-state index is 3.98. The maximum atomic E-state index is 3.98. The van der Waals surface area contributed by atoms with Gasteiger partial charge in [-0.1, -0.05) is 207 Å². The van der Waals surface area contributed by atoms with E-state index in [1.54, 1.807) is 0 Å². The molecule has 0 spiro atoms. The molecule has 7 aromatic carbocycles. The second kappa shape index (κ2) is 21.5. The predicted molar refractivity (Wildman–Crippen MR) is 325 cm³/mol. The zero-order valence-corrected chi connectivity index (χ0v) is 49.4. The van der Waals surface area contributed by atoms with E-state index in [1.807, 2.05) is 0 Å². The minimum absolute atomic E-state index is 0.0218. The number of benzene rings is 7. The van der Waals surface area contributed by atoms with Gasteiger partial charge in [0.2, 0.25) is 0 Å². The molecule has 71 heavy (non-hydrogen) atoms. The van der Waals surface area contributed by atoms with Crippen molar-refractivity contribution < 1.29 is 0 Å². The first-order valence-corrected chi connectivity index (χ1v) is 39.9. The monoisotopic (exact) mass is 997 g/mol. The number of rotatable bonds is 13. The lowest BCUT2D eigenvalue weighted by molar-refractivity contribution is 0.589. The summed E-state index contributed by atoms with van der Waals surface area (Å²) in [7, 11) is -7.25. The van der Waals surface area contributed by atoms with Gasteiger partial charge in [0.15, 0.2) is 0 Å². The molecule has 0 aromatic heterocycles. The number of nitrogens with zero attached hydrogens (tertiary/aromatic N) is 2. The van der Waals surface area contributed by atoms with Crippen molar-refractivity contribution in [3.05, 3.63) is 210 Å². The highest BCUT2D eigenvalue weighted by Gasteiger charge is 2.46. The molecule has 0 bridgehead atoms. The summed E-state index contributed by atoms with van der Waals surface area (Å²) in [5.41, 5.74) is 14.5. The van der Waals surface area contributed by atoms with Crippen LogP contribution in [0.15, 0.2) is 182 Å². The van der Waals surface area contributed by atoms with E-state index >= 15 is 0 Å². The molecular formula is C64H77BN2Si4. The van der Waals surface area contributed by atoms with E-state index in [-0.39, 0.29) is 12.1 Å². The minimum Gasteiger partial charge on any atom is -0.311 e. The van der Waals surface area contributed by atoms with Crippen LogP contribution in [0.5, 0.6) is 0 Å². The lowest BCUT2D eigenvalue weighted by Crippen LogP contribution is -2.54. The summed E-state index contributed by atoms with van der Waals surface area (Å²) in [6, 6.07) is 65.4. The molecule has 2 nitrogen and oxygen atoms in total. The summed E-state index contributed by atoms with van der Waals surface area (Å²) < 4.78 is 0. The van der Waals surface area contributed by atoms with E-state index < -0.39 is 32.3 Å². The first-order valence-electron chi connectivity index (χ1n) is 25.6. The molecule has 0 saturated heterocycles.